The fraction of sp³-hybridized carbons (Fsp3) is 0.375. The molecule has 1 N–H and O–H groups in total. The van der Waals surface area contributed by atoms with Crippen molar-refractivity contribution in [2.24, 2.45) is 5.41 Å². The zero-order valence-corrected chi connectivity index (χ0v) is 11.1. The summed E-state index contributed by atoms with van der Waals surface area (Å²) in [6.45, 7) is 0.0819. The Morgan fingerprint density at radius 1 is 1.24 bits per heavy atom. The van der Waals surface area contributed by atoms with Gasteiger partial charge in [-0.15, -0.1) is 0 Å². The van der Waals surface area contributed by atoms with Crippen LogP contribution in [0.5, 0.6) is 0 Å². The predicted molar refractivity (Wildman–Crippen MR) is 70.6 cm³/mol. The Balaban J connectivity index is 1.69. The quantitative estimate of drug-likeness (QED) is 0.923. The van der Waals surface area contributed by atoms with E-state index in [0.29, 0.717) is 5.92 Å². The average Bonchev–Trinajstić information content (AvgIpc) is 3.35. The van der Waals surface area contributed by atoms with Gasteiger partial charge in [-0.05, 0) is 47.9 Å². The van der Waals surface area contributed by atoms with Gasteiger partial charge in [0, 0.05) is 5.41 Å². The van der Waals surface area contributed by atoms with E-state index in [-0.39, 0.29) is 28.7 Å². The molecule has 3 aliphatic rings. The maximum atomic E-state index is 13.9. The first-order valence-electron chi connectivity index (χ1n) is 7.06. The summed E-state index contributed by atoms with van der Waals surface area (Å²) in [4.78, 5) is 0. The summed E-state index contributed by atoms with van der Waals surface area (Å²) in [5, 5.41) is 17.9. The molecular weight excluding hydrogens is 274 g/mol. The van der Waals surface area contributed by atoms with Gasteiger partial charge < -0.3 is 5.11 Å². The summed E-state index contributed by atoms with van der Waals surface area (Å²) in [6, 6.07) is 5.53. The summed E-state index contributed by atoms with van der Waals surface area (Å²) in [5.74, 6) is -0.881. The van der Waals surface area contributed by atoms with Gasteiger partial charge in [0.25, 0.3) is 0 Å². The van der Waals surface area contributed by atoms with Crippen LogP contribution in [0.4, 0.5) is 8.78 Å². The van der Waals surface area contributed by atoms with Crippen LogP contribution in [0.2, 0.25) is 0 Å². The van der Waals surface area contributed by atoms with Gasteiger partial charge in [0.05, 0.1) is 23.6 Å². The smallest absolute Gasteiger partial charge is 0.135 e. The van der Waals surface area contributed by atoms with E-state index < -0.39 is 11.6 Å². The van der Waals surface area contributed by atoms with Gasteiger partial charge in [0.15, 0.2) is 0 Å². The molecule has 3 atom stereocenters. The van der Waals surface area contributed by atoms with Crippen LogP contribution < -0.4 is 0 Å². The van der Waals surface area contributed by atoms with Crippen LogP contribution in [0.25, 0.3) is 11.3 Å². The average molecular weight is 286 g/mol. The normalized spacial score (nSPS) is 34.1. The fourth-order valence-corrected chi connectivity index (χ4v) is 4.45. The molecule has 0 aliphatic heterocycles. The second kappa shape index (κ2) is 3.30. The summed E-state index contributed by atoms with van der Waals surface area (Å²) in [6.07, 6.45) is 2.02. The van der Waals surface area contributed by atoms with Gasteiger partial charge >= 0.3 is 0 Å². The molecule has 1 unspecified atom stereocenters. The Morgan fingerprint density at radius 3 is 2.71 bits per heavy atom. The standard InChI is InChI=1S/C16H12F2N2O/c17-10-2-1-3-11(18)13(10)12-4-8-9-5-15(9)6-16(15,7-21)14(8)20-19-12/h1-4,9,21H,5-7H2/t9-,15?,16-/m0/s1. The number of aromatic nitrogens is 2. The molecule has 21 heavy (non-hydrogen) atoms. The molecule has 5 heteroatoms. The third kappa shape index (κ3) is 1.15. The minimum absolute atomic E-state index is 0.0819. The van der Waals surface area contributed by atoms with Crippen molar-refractivity contribution in [2.45, 2.75) is 24.2 Å². The van der Waals surface area contributed by atoms with E-state index in [4.69, 9.17) is 0 Å². The number of benzene rings is 1. The van der Waals surface area contributed by atoms with Gasteiger partial charge in [-0.3, -0.25) is 0 Å². The molecule has 0 saturated heterocycles. The highest BCUT2D eigenvalue weighted by molar-refractivity contribution is 5.66. The van der Waals surface area contributed by atoms with E-state index in [1.54, 1.807) is 6.07 Å². The molecule has 5 rings (SSSR count). The number of rotatable bonds is 2. The number of hydrogen-bond donors (Lipinski definition) is 1. The first-order valence-corrected chi connectivity index (χ1v) is 7.06. The van der Waals surface area contributed by atoms with Crippen LogP contribution in [0.15, 0.2) is 24.3 Å². The number of hydrogen-bond acceptors (Lipinski definition) is 3. The fourth-order valence-electron chi connectivity index (χ4n) is 4.45. The molecule has 2 saturated carbocycles. The van der Waals surface area contributed by atoms with E-state index in [9.17, 15) is 13.9 Å². The van der Waals surface area contributed by atoms with Gasteiger partial charge in [-0.1, -0.05) is 6.07 Å². The second-order valence-corrected chi connectivity index (χ2v) is 6.46. The van der Waals surface area contributed by atoms with E-state index in [1.807, 2.05) is 0 Å². The number of halogens is 2. The van der Waals surface area contributed by atoms with E-state index >= 15 is 0 Å². The van der Waals surface area contributed by atoms with Crippen molar-refractivity contribution in [1.29, 1.82) is 0 Å². The molecule has 1 spiro atoms. The Morgan fingerprint density at radius 2 is 2.00 bits per heavy atom. The highest BCUT2D eigenvalue weighted by atomic mass is 19.1. The SMILES string of the molecule is OC[C@]12CC13C[C@H]3c1cc(-c3c(F)cccc3F)nnc12. The highest BCUT2D eigenvalue weighted by Crippen LogP contribution is 2.89. The van der Waals surface area contributed by atoms with Gasteiger partial charge in [-0.2, -0.15) is 10.2 Å². The summed E-state index contributed by atoms with van der Waals surface area (Å²) < 4.78 is 27.7. The number of aliphatic hydroxyl groups excluding tert-OH is 1. The van der Waals surface area contributed by atoms with Crippen LogP contribution in [0.3, 0.4) is 0 Å². The van der Waals surface area contributed by atoms with Crippen molar-refractivity contribution < 1.29 is 13.9 Å². The third-order valence-corrected chi connectivity index (χ3v) is 5.66. The van der Waals surface area contributed by atoms with Crippen LogP contribution in [-0.4, -0.2) is 21.9 Å². The molecular formula is C16H12F2N2O. The van der Waals surface area contributed by atoms with Gasteiger partial charge in [0.1, 0.15) is 11.6 Å². The largest absolute Gasteiger partial charge is 0.395 e. The zero-order valence-electron chi connectivity index (χ0n) is 11.1. The lowest BCUT2D eigenvalue weighted by molar-refractivity contribution is 0.242. The minimum Gasteiger partial charge on any atom is -0.395 e. The predicted octanol–water partition coefficient (Wildman–Crippen LogP) is 2.54. The van der Waals surface area contributed by atoms with Crippen molar-refractivity contribution in [3.8, 4) is 11.3 Å². The topological polar surface area (TPSA) is 46.0 Å². The van der Waals surface area contributed by atoms with Crippen molar-refractivity contribution in [3.05, 3.63) is 47.2 Å². The molecule has 1 aromatic carbocycles. The van der Waals surface area contributed by atoms with Crippen LogP contribution in [0, 0.1) is 17.0 Å². The van der Waals surface area contributed by atoms with Crippen molar-refractivity contribution in [1.82, 2.24) is 10.2 Å². The molecule has 0 amide bonds. The molecule has 2 fully saturated rings. The summed E-state index contributed by atoms with van der Waals surface area (Å²) >= 11 is 0. The van der Waals surface area contributed by atoms with Crippen molar-refractivity contribution >= 4 is 0 Å². The lowest BCUT2D eigenvalue weighted by Crippen LogP contribution is -2.17. The second-order valence-electron chi connectivity index (χ2n) is 6.46. The van der Waals surface area contributed by atoms with Crippen LogP contribution >= 0.6 is 0 Å². The van der Waals surface area contributed by atoms with Crippen molar-refractivity contribution in [2.75, 3.05) is 6.61 Å². The van der Waals surface area contributed by atoms with Gasteiger partial charge in [-0.25, -0.2) is 8.78 Å². The molecule has 3 aliphatic carbocycles. The summed E-state index contributed by atoms with van der Waals surface area (Å²) in [7, 11) is 0. The maximum Gasteiger partial charge on any atom is 0.135 e. The monoisotopic (exact) mass is 286 g/mol. The van der Waals surface area contributed by atoms with Crippen molar-refractivity contribution in [3.63, 3.8) is 0 Å². The molecule has 0 radical (unpaired) electrons. The number of aliphatic hydroxyl groups is 1. The maximum absolute atomic E-state index is 13.9. The first kappa shape index (κ1) is 11.7. The number of fused-ring (bicyclic) bond motifs is 3. The van der Waals surface area contributed by atoms with Crippen LogP contribution in [-0.2, 0) is 5.41 Å². The Labute approximate surface area is 119 Å². The molecule has 1 aromatic heterocycles. The molecule has 0 bridgehead atoms. The molecule has 3 nitrogen and oxygen atoms in total. The van der Waals surface area contributed by atoms with E-state index in [2.05, 4.69) is 10.2 Å². The Kier molecular flexibility index (Phi) is 1.85. The zero-order chi connectivity index (χ0) is 14.4. The van der Waals surface area contributed by atoms with E-state index in [1.165, 1.54) is 18.2 Å². The number of nitrogens with zero attached hydrogens (tertiary/aromatic N) is 2. The van der Waals surface area contributed by atoms with E-state index in [0.717, 1.165) is 24.1 Å². The lowest BCUT2D eigenvalue weighted by atomic mass is 9.98. The molecule has 2 aromatic rings. The molecule has 106 valence electrons. The lowest BCUT2D eigenvalue weighted by Gasteiger charge is -2.13. The Hall–Kier alpha value is -1.88. The Bertz CT molecular complexity index is 789. The van der Waals surface area contributed by atoms with Gasteiger partial charge in [0.2, 0.25) is 0 Å². The third-order valence-electron chi connectivity index (χ3n) is 5.66. The molecule has 1 heterocycles. The highest BCUT2D eigenvalue weighted by Gasteiger charge is 2.85. The van der Waals surface area contributed by atoms with Crippen LogP contribution in [0.1, 0.15) is 30.0 Å². The first-order chi connectivity index (χ1) is 10.1. The summed E-state index contributed by atoms with van der Waals surface area (Å²) in [5.41, 5.74) is 1.91. The minimum atomic E-state index is -0.630.